The Labute approximate surface area is 142 Å². The maximum Gasteiger partial charge on any atom is 0.181 e. The van der Waals surface area contributed by atoms with E-state index in [0.717, 1.165) is 19.3 Å². The van der Waals surface area contributed by atoms with Crippen molar-refractivity contribution in [1.82, 2.24) is 0 Å². The van der Waals surface area contributed by atoms with Crippen LogP contribution in [0.5, 0.6) is 0 Å². The highest BCUT2D eigenvalue weighted by Crippen LogP contribution is 2.07. The largest absolute Gasteiger partial charge is 0.394 e. The molecule has 146 valence electrons. The Morgan fingerprint density at radius 1 is 0.667 bits per heavy atom. The number of hydrogen-bond acceptors (Lipinski definition) is 9. The molecule has 0 bridgehead atoms. The van der Waals surface area contributed by atoms with E-state index in [1.165, 1.54) is 0 Å². The van der Waals surface area contributed by atoms with Crippen LogP contribution < -0.4 is 0 Å². The molecule has 0 fully saturated rings. The number of unbranched alkanes of at least 4 members (excludes halogenated alkanes) is 2. The maximum absolute atomic E-state index is 9.31. The number of ether oxygens (including phenoxy) is 4. The van der Waals surface area contributed by atoms with E-state index in [1.807, 2.05) is 0 Å². The molecule has 5 N–H and O–H groups in total. The third-order valence-corrected chi connectivity index (χ3v) is 3.12. The van der Waals surface area contributed by atoms with Crippen molar-refractivity contribution in [2.45, 2.75) is 51.0 Å². The van der Waals surface area contributed by atoms with Crippen molar-refractivity contribution in [3.63, 3.8) is 0 Å². The van der Waals surface area contributed by atoms with Gasteiger partial charge >= 0.3 is 0 Å². The van der Waals surface area contributed by atoms with Gasteiger partial charge in [-0.1, -0.05) is 19.8 Å². The molecule has 3 unspecified atom stereocenters. The molecule has 9 heteroatoms. The van der Waals surface area contributed by atoms with E-state index in [-0.39, 0.29) is 19.8 Å². The molecule has 0 heterocycles. The van der Waals surface area contributed by atoms with E-state index in [0.29, 0.717) is 6.61 Å². The molecule has 0 rings (SSSR count). The monoisotopic (exact) mass is 356 g/mol. The number of hydrogen-bond donors (Lipinski definition) is 5. The van der Waals surface area contributed by atoms with Crippen LogP contribution in [-0.2, 0) is 18.9 Å². The van der Waals surface area contributed by atoms with Gasteiger partial charge in [0.1, 0.15) is 12.2 Å². The first kappa shape index (κ1) is 23.6. The van der Waals surface area contributed by atoms with E-state index < -0.39 is 44.6 Å². The quantitative estimate of drug-likeness (QED) is 0.157. The van der Waals surface area contributed by atoms with Crippen molar-refractivity contribution in [3.05, 3.63) is 0 Å². The van der Waals surface area contributed by atoms with Gasteiger partial charge in [-0.2, -0.15) is 0 Å². The second-order valence-corrected chi connectivity index (χ2v) is 5.20. The average Bonchev–Trinajstić information content (AvgIpc) is 2.62. The SMILES string of the molecule is CCCCCOC(CO)OC(CO)COC(CO)OC(CO)CO. The molecule has 0 aromatic rings. The normalized spacial score (nSPS) is 15.6. The first-order valence-electron chi connectivity index (χ1n) is 8.23. The molecule has 0 saturated heterocycles. The fraction of sp³-hybridized carbons (Fsp3) is 1.00. The number of aliphatic hydroxyl groups excluding tert-OH is 5. The topological polar surface area (TPSA) is 138 Å². The summed E-state index contributed by atoms with van der Waals surface area (Å²) in [6, 6.07) is 0. The molecule has 9 nitrogen and oxygen atoms in total. The van der Waals surface area contributed by atoms with Crippen LogP contribution in [0.15, 0.2) is 0 Å². The summed E-state index contributed by atoms with van der Waals surface area (Å²) >= 11 is 0. The van der Waals surface area contributed by atoms with Crippen LogP contribution in [0.3, 0.4) is 0 Å². The van der Waals surface area contributed by atoms with Gasteiger partial charge in [-0.3, -0.25) is 0 Å². The van der Waals surface area contributed by atoms with Gasteiger partial charge in [0.05, 0.1) is 39.6 Å². The minimum atomic E-state index is -1.08. The highest BCUT2D eigenvalue weighted by Gasteiger charge is 2.20. The summed E-state index contributed by atoms with van der Waals surface area (Å²) in [6.45, 7) is 0.302. The second kappa shape index (κ2) is 16.1. The molecule has 0 aromatic heterocycles. The van der Waals surface area contributed by atoms with Gasteiger partial charge in [0, 0.05) is 6.61 Å². The van der Waals surface area contributed by atoms with E-state index in [4.69, 9.17) is 34.3 Å². The van der Waals surface area contributed by atoms with Crippen molar-refractivity contribution in [3.8, 4) is 0 Å². The van der Waals surface area contributed by atoms with Crippen LogP contribution in [-0.4, -0.2) is 96.6 Å². The molecule has 0 amide bonds. The molecule has 3 atom stereocenters. The first-order chi connectivity index (χ1) is 11.6. The Morgan fingerprint density at radius 2 is 1.21 bits per heavy atom. The highest BCUT2D eigenvalue weighted by atomic mass is 16.7. The van der Waals surface area contributed by atoms with Gasteiger partial charge in [-0.25, -0.2) is 0 Å². The zero-order chi connectivity index (χ0) is 18.2. The molecule has 24 heavy (non-hydrogen) atoms. The lowest BCUT2D eigenvalue weighted by atomic mass is 10.3. The van der Waals surface area contributed by atoms with Crippen molar-refractivity contribution in [2.24, 2.45) is 0 Å². The van der Waals surface area contributed by atoms with Gasteiger partial charge in [-0.15, -0.1) is 0 Å². The smallest absolute Gasteiger partial charge is 0.181 e. The van der Waals surface area contributed by atoms with Crippen molar-refractivity contribution in [2.75, 3.05) is 46.2 Å². The lowest BCUT2D eigenvalue weighted by Gasteiger charge is -2.25. The van der Waals surface area contributed by atoms with Crippen LogP contribution in [0.2, 0.25) is 0 Å². The number of rotatable bonds is 17. The number of aliphatic hydroxyl groups is 5. The summed E-state index contributed by atoms with van der Waals surface area (Å²) in [5.41, 5.74) is 0. The van der Waals surface area contributed by atoms with Crippen LogP contribution in [0, 0.1) is 0 Å². The van der Waals surface area contributed by atoms with Gasteiger partial charge in [0.2, 0.25) is 0 Å². The molecule has 0 aliphatic carbocycles. The van der Waals surface area contributed by atoms with Gasteiger partial charge < -0.3 is 44.5 Å². The summed E-state index contributed by atoms with van der Waals surface area (Å²) in [4.78, 5) is 0. The third kappa shape index (κ3) is 11.2. The van der Waals surface area contributed by atoms with Crippen LogP contribution in [0.4, 0.5) is 0 Å². The predicted molar refractivity (Wildman–Crippen MR) is 84.2 cm³/mol. The van der Waals surface area contributed by atoms with Gasteiger partial charge in [0.25, 0.3) is 0 Å². The molecule has 0 aromatic carbocycles. The molecule has 0 spiro atoms. The Bertz CT molecular complexity index is 263. The second-order valence-electron chi connectivity index (χ2n) is 5.20. The Balaban J connectivity index is 4.21. The highest BCUT2D eigenvalue weighted by molar-refractivity contribution is 4.59. The lowest BCUT2D eigenvalue weighted by Crippen LogP contribution is -2.37. The van der Waals surface area contributed by atoms with Crippen LogP contribution in [0.1, 0.15) is 26.2 Å². The van der Waals surface area contributed by atoms with Gasteiger partial charge in [0.15, 0.2) is 12.6 Å². The van der Waals surface area contributed by atoms with Crippen molar-refractivity contribution >= 4 is 0 Å². The standard InChI is InChI=1S/C15H32O9/c1-2-3-4-5-21-14(9-19)24-13(8-18)11-22-15(10-20)23-12(6-16)7-17/h12-20H,2-11H2,1H3. The third-order valence-electron chi connectivity index (χ3n) is 3.12. The Morgan fingerprint density at radius 3 is 1.71 bits per heavy atom. The van der Waals surface area contributed by atoms with Crippen molar-refractivity contribution < 1.29 is 44.5 Å². The Kier molecular flexibility index (Phi) is 15.9. The van der Waals surface area contributed by atoms with Crippen LogP contribution >= 0.6 is 0 Å². The summed E-state index contributed by atoms with van der Waals surface area (Å²) in [7, 11) is 0. The molecule has 0 aliphatic heterocycles. The molecule has 0 radical (unpaired) electrons. The molecular weight excluding hydrogens is 324 g/mol. The molecule has 0 saturated carbocycles. The molecular formula is C15H32O9. The fourth-order valence-electron chi connectivity index (χ4n) is 1.76. The summed E-state index contributed by atoms with van der Waals surface area (Å²) in [6.07, 6.45) is -0.705. The summed E-state index contributed by atoms with van der Waals surface area (Å²) in [5.74, 6) is 0. The van der Waals surface area contributed by atoms with E-state index >= 15 is 0 Å². The minimum Gasteiger partial charge on any atom is -0.394 e. The lowest BCUT2D eigenvalue weighted by molar-refractivity contribution is -0.240. The zero-order valence-corrected chi connectivity index (χ0v) is 14.2. The van der Waals surface area contributed by atoms with E-state index in [9.17, 15) is 10.2 Å². The van der Waals surface area contributed by atoms with E-state index in [1.54, 1.807) is 0 Å². The average molecular weight is 356 g/mol. The predicted octanol–water partition coefficient (Wildman–Crippen LogP) is -1.41. The zero-order valence-electron chi connectivity index (χ0n) is 14.2. The maximum atomic E-state index is 9.31. The Hall–Kier alpha value is -0.360. The molecule has 0 aliphatic rings. The summed E-state index contributed by atoms with van der Waals surface area (Å²) < 4.78 is 21.1. The summed E-state index contributed by atoms with van der Waals surface area (Å²) in [5, 5.41) is 45.6. The first-order valence-corrected chi connectivity index (χ1v) is 8.23. The van der Waals surface area contributed by atoms with Crippen molar-refractivity contribution in [1.29, 1.82) is 0 Å². The fourth-order valence-corrected chi connectivity index (χ4v) is 1.76. The van der Waals surface area contributed by atoms with Gasteiger partial charge in [-0.05, 0) is 6.42 Å². The minimum absolute atomic E-state index is 0.125. The van der Waals surface area contributed by atoms with E-state index in [2.05, 4.69) is 6.92 Å². The van der Waals surface area contributed by atoms with Crippen LogP contribution in [0.25, 0.3) is 0 Å².